The number of hydrogen-bond acceptors (Lipinski definition) is 4. The number of hydrogen-bond donors (Lipinski definition) is 0. The molecule has 0 amide bonds. The molecule has 0 unspecified atom stereocenters. The van der Waals surface area contributed by atoms with Crippen molar-refractivity contribution in [3.63, 3.8) is 0 Å². The summed E-state index contributed by atoms with van der Waals surface area (Å²) in [4.78, 5) is 4.93. The first kappa shape index (κ1) is 52.2. The smallest absolute Gasteiger partial charge is 0.159 e. The lowest BCUT2D eigenvalue weighted by Crippen LogP contribution is -2.29. The van der Waals surface area contributed by atoms with Gasteiger partial charge in [0.05, 0.1) is 28.2 Å². The van der Waals surface area contributed by atoms with Crippen molar-refractivity contribution >= 4 is 99.5 Å². The second-order valence-corrected chi connectivity index (χ2v) is 24.1. The zero-order valence-corrected chi connectivity index (χ0v) is 49.9. The minimum Gasteiger partial charge on any atom is -0.453 e. The topological polar surface area (TPSA) is 32.8 Å². The van der Waals surface area contributed by atoms with Crippen molar-refractivity contribution in [3.05, 3.63) is 336 Å². The summed E-state index contributed by atoms with van der Waals surface area (Å²) >= 11 is 0. The van der Waals surface area contributed by atoms with E-state index < -0.39 is 5.41 Å². The third kappa shape index (κ3) is 7.93. The molecule has 4 heteroatoms. The van der Waals surface area contributed by atoms with E-state index in [1.54, 1.807) is 0 Å². The maximum Gasteiger partial charge on any atom is 0.159 e. The fourth-order valence-corrected chi connectivity index (χ4v) is 14.9. The number of anilines is 6. The summed E-state index contributed by atoms with van der Waals surface area (Å²) in [5, 5.41) is 8.86. The summed E-state index contributed by atoms with van der Waals surface area (Å²) in [6.07, 6.45) is 0. The molecule has 4 nitrogen and oxygen atoms in total. The van der Waals surface area contributed by atoms with E-state index in [4.69, 9.17) is 8.83 Å². The molecule has 0 atom stereocenters. The van der Waals surface area contributed by atoms with Crippen LogP contribution in [0.5, 0.6) is 0 Å². The first-order valence-electron chi connectivity index (χ1n) is 30.8. The Labute approximate surface area is 517 Å². The Morgan fingerprint density at radius 1 is 0.258 bits per heavy atom. The van der Waals surface area contributed by atoms with Crippen LogP contribution < -0.4 is 9.80 Å². The maximum absolute atomic E-state index is 7.39. The minimum absolute atomic E-state index is 0.826. The molecule has 0 bridgehead atoms. The maximum atomic E-state index is 7.39. The van der Waals surface area contributed by atoms with Crippen LogP contribution in [0.3, 0.4) is 0 Å². The van der Waals surface area contributed by atoms with Crippen LogP contribution in [-0.2, 0) is 5.41 Å². The molecule has 17 rings (SSSR count). The number of para-hydroxylation sites is 4. The molecule has 0 aliphatic heterocycles. The summed E-state index contributed by atoms with van der Waals surface area (Å²) in [5.74, 6) is 0. The lowest BCUT2D eigenvalue weighted by molar-refractivity contribution is 0.670. The van der Waals surface area contributed by atoms with E-state index in [-0.39, 0.29) is 0 Å². The van der Waals surface area contributed by atoms with Gasteiger partial charge in [-0.3, -0.25) is 0 Å². The first-order chi connectivity index (χ1) is 43.8. The van der Waals surface area contributed by atoms with Gasteiger partial charge in [0.25, 0.3) is 0 Å². The minimum atomic E-state index is -0.857. The van der Waals surface area contributed by atoms with E-state index in [1.807, 2.05) is 0 Å². The van der Waals surface area contributed by atoms with Gasteiger partial charge in [-0.1, -0.05) is 254 Å². The van der Waals surface area contributed by atoms with Crippen molar-refractivity contribution in [3.8, 4) is 33.4 Å². The van der Waals surface area contributed by atoms with Gasteiger partial charge in [0.1, 0.15) is 11.2 Å². The molecule has 0 N–H and O–H groups in total. The summed E-state index contributed by atoms with van der Waals surface area (Å²) in [6.45, 7) is 8.68. The van der Waals surface area contributed by atoms with Crippen molar-refractivity contribution in [2.75, 3.05) is 9.80 Å². The molecule has 2 heterocycles. The quantitative estimate of drug-likeness (QED) is 0.137. The molecule has 89 heavy (non-hydrogen) atoms. The average Bonchev–Trinajstić information content (AvgIpc) is 1.56. The van der Waals surface area contributed by atoms with E-state index in [9.17, 15) is 0 Å². The van der Waals surface area contributed by atoms with Crippen LogP contribution in [0.2, 0.25) is 0 Å². The van der Waals surface area contributed by atoms with Gasteiger partial charge in [0.2, 0.25) is 0 Å². The number of fused-ring (bicyclic) bond motifs is 13. The van der Waals surface area contributed by atoms with Crippen LogP contribution >= 0.6 is 0 Å². The van der Waals surface area contributed by atoms with Gasteiger partial charge in [-0.05, 0) is 143 Å². The Morgan fingerprint density at radius 3 is 0.989 bits per heavy atom. The molecule has 422 valence electrons. The highest BCUT2D eigenvalue weighted by molar-refractivity contribution is 6.21. The molecule has 1 aliphatic carbocycles. The fraction of sp³-hybridized carbons (Fsp3) is 0.0588. The van der Waals surface area contributed by atoms with Crippen molar-refractivity contribution < 1.29 is 8.83 Å². The third-order valence-electron chi connectivity index (χ3n) is 18.9. The van der Waals surface area contributed by atoms with Gasteiger partial charge in [-0.25, -0.2) is 0 Å². The summed E-state index contributed by atoms with van der Waals surface area (Å²) in [6, 6.07) is 107. The van der Waals surface area contributed by atoms with Gasteiger partial charge >= 0.3 is 0 Å². The Kier molecular flexibility index (Phi) is 12.0. The molecule has 2 aromatic heterocycles. The van der Waals surface area contributed by atoms with E-state index in [1.165, 1.54) is 55.6 Å². The Morgan fingerprint density at radius 2 is 0.584 bits per heavy atom. The molecule has 0 saturated carbocycles. The Bertz CT molecular complexity index is 5140. The first-order valence-corrected chi connectivity index (χ1v) is 30.8. The highest BCUT2D eigenvalue weighted by Gasteiger charge is 2.49. The average molecular weight is 1140 g/mol. The van der Waals surface area contributed by atoms with Crippen molar-refractivity contribution in [1.29, 1.82) is 0 Å². The number of aryl methyl sites for hydroxylation is 4. The van der Waals surface area contributed by atoms with E-state index >= 15 is 0 Å². The van der Waals surface area contributed by atoms with Gasteiger partial charge in [0.15, 0.2) is 11.2 Å². The molecule has 0 saturated heterocycles. The largest absolute Gasteiger partial charge is 0.453 e. The van der Waals surface area contributed by atoms with Crippen LogP contribution in [0.1, 0.15) is 44.5 Å². The Balaban J connectivity index is 0.984. The molecule has 0 radical (unpaired) electrons. The molecule has 0 spiro atoms. The van der Waals surface area contributed by atoms with Crippen LogP contribution in [0, 0.1) is 27.7 Å². The van der Waals surface area contributed by atoms with Gasteiger partial charge in [-0.2, -0.15) is 0 Å². The number of benzene rings is 14. The number of furan rings is 2. The normalized spacial score (nSPS) is 12.6. The molecule has 16 aromatic rings. The summed E-state index contributed by atoms with van der Waals surface area (Å²) in [7, 11) is 0. The van der Waals surface area contributed by atoms with E-state index in [0.717, 1.165) is 122 Å². The van der Waals surface area contributed by atoms with Crippen molar-refractivity contribution in [1.82, 2.24) is 0 Å². The predicted molar refractivity (Wildman–Crippen MR) is 373 cm³/mol. The van der Waals surface area contributed by atoms with Crippen LogP contribution in [0.25, 0.3) is 98.8 Å². The van der Waals surface area contributed by atoms with E-state index in [2.05, 4.69) is 329 Å². The molecule has 0 fully saturated rings. The predicted octanol–water partition coefficient (Wildman–Crippen LogP) is 23.7. The monoisotopic (exact) mass is 1140 g/mol. The molecular weight excluding hydrogens is 1080 g/mol. The van der Waals surface area contributed by atoms with Gasteiger partial charge in [0, 0.05) is 54.8 Å². The van der Waals surface area contributed by atoms with Crippen LogP contribution in [0.4, 0.5) is 34.1 Å². The number of nitrogens with zero attached hydrogens (tertiary/aromatic N) is 2. The molecule has 14 aromatic carbocycles. The SMILES string of the molecule is Cc1ccc(N(c2cc3c(c4ccccc24)-c2c(cc(N(c4ccc(C)cc4)c4cccc5c4oc4c(-c6ccccc6C)cccc45)c4ccccc24)C3(c2ccccc2)c2ccccc2)c2cccc3c2oc2c(-c4ccccc4C)cccc23)cc1. The zero-order chi connectivity index (χ0) is 59.5. The standard InChI is InChI=1S/C85H60N2O2/c1-53-43-47-59(48-44-53)86(75-41-21-39-71-69-37-19-35-67(81(69)88-83(71)75)61-29-13-11-23-55(61)3)77-51-73-79(65-33-17-15-31-63(65)77)80-66-34-18-16-32-64(66)78(52-74(80)85(73,57-25-7-5-8-26-57)58-27-9-6-10-28-58)87(60-49-45-54(2)46-50-60)76-42-22-40-72-70-38-20-36-68(82(70)89-84(72)76)62-30-14-12-24-56(62)4/h5-52H,1-4H3. The fourth-order valence-electron chi connectivity index (χ4n) is 14.9. The highest BCUT2D eigenvalue weighted by atomic mass is 16.3. The lowest BCUT2D eigenvalue weighted by atomic mass is 9.67. The third-order valence-corrected chi connectivity index (χ3v) is 18.9. The number of rotatable bonds is 10. The summed E-state index contributed by atoms with van der Waals surface area (Å²) < 4.78 is 14.8. The lowest BCUT2D eigenvalue weighted by Gasteiger charge is -2.36. The Hall–Kier alpha value is -11.2. The second kappa shape index (κ2) is 20.5. The second-order valence-electron chi connectivity index (χ2n) is 24.1. The van der Waals surface area contributed by atoms with Gasteiger partial charge in [-0.15, -0.1) is 0 Å². The van der Waals surface area contributed by atoms with Crippen LogP contribution in [-0.4, -0.2) is 0 Å². The van der Waals surface area contributed by atoms with Crippen molar-refractivity contribution in [2.24, 2.45) is 0 Å². The molecule has 1 aliphatic rings. The highest BCUT2D eigenvalue weighted by Crippen LogP contribution is 2.63. The summed E-state index contributed by atoms with van der Waals surface area (Å²) in [5.41, 5.74) is 25.0. The zero-order valence-electron chi connectivity index (χ0n) is 49.9. The van der Waals surface area contributed by atoms with Crippen LogP contribution in [0.15, 0.2) is 300 Å². The van der Waals surface area contributed by atoms with Crippen molar-refractivity contribution in [2.45, 2.75) is 33.1 Å². The van der Waals surface area contributed by atoms with Gasteiger partial charge < -0.3 is 18.6 Å². The molecular formula is C85H60N2O2. The van der Waals surface area contributed by atoms with E-state index in [0.29, 0.717) is 0 Å².